The largest absolute Gasteiger partial charge is 0.457 e. The Morgan fingerprint density at radius 1 is 0.746 bits per heavy atom. The molecule has 26 unspecified atom stereocenters. The minimum absolute atomic E-state index is 0.0554. The molecule has 5 heterocycles. The van der Waals surface area contributed by atoms with Crippen LogP contribution in [0.15, 0.2) is 11.6 Å². The molecule has 7 N–H and O–H groups in total. The molecule has 8 fully saturated rings. The van der Waals surface area contributed by atoms with Crippen LogP contribution < -0.4 is 0 Å². The van der Waals surface area contributed by atoms with E-state index in [1.165, 1.54) is 6.92 Å². The number of hydrogen-bond donors (Lipinski definition) is 7. The van der Waals surface area contributed by atoms with E-state index >= 15 is 0 Å². The molecule has 0 bridgehead atoms. The smallest absolute Gasteiger partial charge is 0.303 e. The number of ether oxygens (including phenoxy) is 9. The van der Waals surface area contributed by atoms with Crippen molar-refractivity contribution in [3.05, 3.63) is 11.6 Å². The molecule has 63 heavy (non-hydrogen) atoms. The zero-order valence-corrected chi connectivity index (χ0v) is 37.6. The number of hydrogen-bond acceptors (Lipinski definition) is 17. The second-order valence-electron chi connectivity index (χ2n) is 21.3. The lowest BCUT2D eigenvalue weighted by Crippen LogP contribution is -2.66. The lowest BCUT2D eigenvalue weighted by Gasteiger charge is -2.60. The molecule has 0 aromatic heterocycles. The number of allylic oxidation sites excluding steroid dienone is 1. The van der Waals surface area contributed by atoms with E-state index in [0.717, 1.165) is 57.6 Å². The molecule has 5 aliphatic heterocycles. The van der Waals surface area contributed by atoms with Crippen LogP contribution >= 0.6 is 0 Å². The van der Waals surface area contributed by atoms with Crippen LogP contribution in [0.3, 0.4) is 0 Å². The Hall–Kier alpha value is -1.39. The van der Waals surface area contributed by atoms with Crippen LogP contribution in [-0.4, -0.2) is 165 Å². The SMILES string of the molecule is CC(=O)OC1C(O)C(C)OC(OC2C(OC3CC(O)CC4=CCC5C6CC7OC8(CCC(C)CO8)C(C)C7C6(C)CCC5C43C)OC(C)C(O)C2OC2OCC(O)C(O)C2O)C1O. The summed E-state index contributed by atoms with van der Waals surface area (Å²) < 4.78 is 56.8. The molecule has 17 heteroatoms. The normalized spacial score (nSPS) is 56.8. The van der Waals surface area contributed by atoms with E-state index in [-0.39, 0.29) is 36.4 Å². The first-order valence-electron chi connectivity index (χ1n) is 23.6. The molecular formula is C46H72O17. The van der Waals surface area contributed by atoms with Gasteiger partial charge in [0, 0.05) is 31.1 Å². The van der Waals surface area contributed by atoms with Crippen LogP contribution in [0.25, 0.3) is 0 Å². The molecule has 0 aromatic rings. The molecule has 0 aromatic carbocycles. The van der Waals surface area contributed by atoms with E-state index in [2.05, 4.69) is 33.8 Å². The summed E-state index contributed by atoms with van der Waals surface area (Å²) in [5.74, 6) is 0.833. The molecule has 26 atom stereocenters. The monoisotopic (exact) mass is 896 g/mol. The predicted molar refractivity (Wildman–Crippen MR) is 218 cm³/mol. The highest BCUT2D eigenvalue weighted by atomic mass is 16.8. The molecule has 3 saturated carbocycles. The summed E-state index contributed by atoms with van der Waals surface area (Å²) >= 11 is 0. The maximum atomic E-state index is 12.1. The summed E-state index contributed by atoms with van der Waals surface area (Å²) in [6.07, 6.45) is -12.3. The Balaban J connectivity index is 1.01. The molecule has 358 valence electrons. The van der Waals surface area contributed by atoms with Gasteiger partial charge >= 0.3 is 5.97 Å². The van der Waals surface area contributed by atoms with Gasteiger partial charge in [0.1, 0.15) is 48.8 Å². The van der Waals surface area contributed by atoms with Gasteiger partial charge in [-0.3, -0.25) is 4.79 Å². The number of carbonyl (C=O) groups is 1. The summed E-state index contributed by atoms with van der Waals surface area (Å²) in [4.78, 5) is 12.1. The fourth-order valence-electron chi connectivity index (χ4n) is 14.1. The number of esters is 1. The Morgan fingerprint density at radius 2 is 1.44 bits per heavy atom. The van der Waals surface area contributed by atoms with Crippen molar-refractivity contribution in [2.24, 2.45) is 46.3 Å². The molecule has 4 aliphatic carbocycles. The second-order valence-corrected chi connectivity index (χ2v) is 21.3. The Morgan fingerprint density at radius 3 is 2.14 bits per heavy atom. The minimum atomic E-state index is -1.72. The summed E-state index contributed by atoms with van der Waals surface area (Å²) in [7, 11) is 0. The lowest BCUT2D eigenvalue weighted by atomic mass is 9.46. The van der Waals surface area contributed by atoms with Gasteiger partial charge in [0.05, 0.1) is 43.7 Å². The summed E-state index contributed by atoms with van der Waals surface area (Å²) in [6.45, 7) is 13.9. The minimum Gasteiger partial charge on any atom is -0.457 e. The summed E-state index contributed by atoms with van der Waals surface area (Å²) in [5.41, 5.74) is 0.630. The third kappa shape index (κ3) is 7.78. The van der Waals surface area contributed by atoms with Crippen LogP contribution in [0.4, 0.5) is 0 Å². The van der Waals surface area contributed by atoms with Crippen molar-refractivity contribution in [3.63, 3.8) is 0 Å². The predicted octanol–water partition coefficient (Wildman–Crippen LogP) is 1.42. The van der Waals surface area contributed by atoms with Gasteiger partial charge in [-0.05, 0) is 87.4 Å². The van der Waals surface area contributed by atoms with Crippen molar-refractivity contribution in [2.75, 3.05) is 13.2 Å². The maximum Gasteiger partial charge on any atom is 0.303 e. The van der Waals surface area contributed by atoms with E-state index < -0.39 is 115 Å². The molecule has 17 nitrogen and oxygen atoms in total. The van der Waals surface area contributed by atoms with Crippen molar-refractivity contribution in [2.45, 2.75) is 210 Å². The molecular weight excluding hydrogens is 824 g/mol. The highest BCUT2D eigenvalue weighted by molar-refractivity contribution is 5.66. The number of rotatable bonds is 7. The highest BCUT2D eigenvalue weighted by Crippen LogP contribution is 2.71. The first kappa shape index (κ1) is 46.7. The highest BCUT2D eigenvalue weighted by Gasteiger charge is 2.70. The third-order valence-electron chi connectivity index (χ3n) is 17.6. The van der Waals surface area contributed by atoms with E-state index in [0.29, 0.717) is 30.1 Å². The summed E-state index contributed by atoms with van der Waals surface area (Å²) in [6, 6.07) is 0. The molecule has 9 aliphatic rings. The number of fused-ring (bicyclic) bond motifs is 7. The molecule has 0 radical (unpaired) electrons. The average Bonchev–Trinajstić information content (AvgIpc) is 3.68. The van der Waals surface area contributed by atoms with Crippen LogP contribution in [0, 0.1) is 46.3 Å². The van der Waals surface area contributed by atoms with E-state index in [1.54, 1.807) is 6.92 Å². The van der Waals surface area contributed by atoms with E-state index in [1.807, 2.05) is 0 Å². The van der Waals surface area contributed by atoms with Crippen molar-refractivity contribution in [1.29, 1.82) is 0 Å². The van der Waals surface area contributed by atoms with E-state index in [4.69, 9.17) is 42.6 Å². The second kappa shape index (κ2) is 17.3. The molecule has 5 saturated heterocycles. The lowest BCUT2D eigenvalue weighted by molar-refractivity contribution is -0.391. The first-order valence-corrected chi connectivity index (χ1v) is 23.6. The molecule has 1 spiro atoms. The van der Waals surface area contributed by atoms with Crippen LogP contribution in [0.1, 0.15) is 99.8 Å². The van der Waals surface area contributed by atoms with Gasteiger partial charge in [0.15, 0.2) is 30.8 Å². The maximum absolute atomic E-state index is 12.1. The van der Waals surface area contributed by atoms with Crippen LogP contribution in [-0.2, 0) is 47.4 Å². The third-order valence-corrected chi connectivity index (χ3v) is 17.6. The number of aliphatic hydroxyl groups is 7. The molecule has 0 amide bonds. The Bertz CT molecular complexity index is 1690. The Kier molecular flexibility index (Phi) is 12.8. The van der Waals surface area contributed by atoms with Gasteiger partial charge in [-0.25, -0.2) is 0 Å². The zero-order valence-electron chi connectivity index (χ0n) is 37.6. The first-order chi connectivity index (χ1) is 29.8. The summed E-state index contributed by atoms with van der Waals surface area (Å²) in [5, 5.41) is 77.3. The van der Waals surface area contributed by atoms with E-state index in [9.17, 15) is 40.5 Å². The van der Waals surface area contributed by atoms with Crippen molar-refractivity contribution in [3.8, 4) is 0 Å². The van der Waals surface area contributed by atoms with Gasteiger partial charge < -0.3 is 78.4 Å². The van der Waals surface area contributed by atoms with Crippen LogP contribution in [0.2, 0.25) is 0 Å². The standard InChI is InChI=1S/C46H72O17/c1-19-10-13-46(56-17-19)20(2)32-30(63-46)16-28-26-9-8-24-14-25(48)15-31(45(24,7)27(26)11-12-44(28,32)6)60-43-40(62-42-37(54)38(59-23(5)47)33(50)21(3)57-42)39(34(51)22(4)58-43)61-41-36(53)35(52)29(49)18-55-41/h8,19-22,25-43,48-54H,9-18H2,1-7H3. The average molecular weight is 897 g/mol. The van der Waals surface area contributed by atoms with Crippen molar-refractivity contribution >= 4 is 5.97 Å². The van der Waals surface area contributed by atoms with Crippen molar-refractivity contribution in [1.82, 2.24) is 0 Å². The fraction of sp³-hybridized carbons (Fsp3) is 0.935. The fourth-order valence-corrected chi connectivity index (χ4v) is 14.1. The molecule has 9 rings (SSSR count). The van der Waals surface area contributed by atoms with Gasteiger partial charge in [-0.15, -0.1) is 0 Å². The Labute approximate surface area is 369 Å². The van der Waals surface area contributed by atoms with Gasteiger partial charge in [-0.1, -0.05) is 39.3 Å². The quantitative estimate of drug-likeness (QED) is 0.141. The zero-order chi connectivity index (χ0) is 45.1. The number of carbonyl (C=O) groups excluding carboxylic acids is 1. The van der Waals surface area contributed by atoms with Crippen molar-refractivity contribution < 1.29 is 83.2 Å². The van der Waals surface area contributed by atoms with Gasteiger partial charge in [0.2, 0.25) is 0 Å². The van der Waals surface area contributed by atoms with Gasteiger partial charge in [0.25, 0.3) is 0 Å². The number of aliphatic hydroxyl groups excluding tert-OH is 7. The van der Waals surface area contributed by atoms with Crippen LogP contribution in [0.5, 0.6) is 0 Å². The topological polar surface area (TPSA) is 242 Å². The van der Waals surface area contributed by atoms with Gasteiger partial charge in [-0.2, -0.15) is 0 Å².